The maximum Gasteiger partial charge on any atom is 0.119 e. The van der Waals surface area contributed by atoms with Crippen molar-refractivity contribution < 1.29 is 4.74 Å². The summed E-state index contributed by atoms with van der Waals surface area (Å²) in [7, 11) is 1.95. The molecule has 0 unspecified atom stereocenters. The van der Waals surface area contributed by atoms with Crippen molar-refractivity contribution in [1.82, 2.24) is 5.32 Å². The normalized spacial score (nSPS) is 8.71. The Hall–Kier alpha value is -1.02. The molecule has 0 spiro atoms. The molecule has 100 valence electrons. The maximum absolute atomic E-state index is 5.26. The van der Waals surface area contributed by atoms with Crippen molar-refractivity contribution in [2.24, 2.45) is 0 Å². The zero-order valence-corrected chi connectivity index (χ0v) is 12.5. The molecule has 0 heterocycles. The van der Waals surface area contributed by atoms with Gasteiger partial charge in [-0.3, -0.25) is 0 Å². The molecule has 0 aliphatic rings. The molecule has 2 nitrogen and oxygen atoms in total. The van der Waals surface area contributed by atoms with E-state index >= 15 is 0 Å². The minimum Gasteiger partial charge on any atom is -0.494 e. The number of hydrogen-bond acceptors (Lipinski definition) is 2. The van der Waals surface area contributed by atoms with Crippen molar-refractivity contribution >= 4 is 0 Å². The van der Waals surface area contributed by atoms with Gasteiger partial charge in [0.1, 0.15) is 5.75 Å². The quantitative estimate of drug-likeness (QED) is 0.859. The lowest BCUT2D eigenvalue weighted by molar-refractivity contribution is 0.340. The van der Waals surface area contributed by atoms with E-state index in [0.29, 0.717) is 6.04 Å². The molecule has 0 aliphatic heterocycles. The van der Waals surface area contributed by atoms with E-state index in [2.05, 4.69) is 26.1 Å². The first-order valence-corrected chi connectivity index (χ1v) is 6.46. The molecular formula is C15H29NO. The summed E-state index contributed by atoms with van der Waals surface area (Å²) in [6.45, 7) is 13.0. The van der Waals surface area contributed by atoms with Gasteiger partial charge in [0.15, 0.2) is 0 Å². The van der Waals surface area contributed by atoms with Crippen LogP contribution in [0, 0.1) is 6.92 Å². The Kier molecular flexibility index (Phi) is 14.1. The second kappa shape index (κ2) is 13.0. The summed E-state index contributed by atoms with van der Waals surface area (Å²) in [5.41, 5.74) is 1.27. The number of rotatable bonds is 3. The van der Waals surface area contributed by atoms with Gasteiger partial charge in [-0.2, -0.15) is 0 Å². The van der Waals surface area contributed by atoms with Gasteiger partial charge in [-0.05, 0) is 33.0 Å². The lowest BCUT2D eigenvalue weighted by atomic mass is 10.2. The third-order valence-electron chi connectivity index (χ3n) is 1.91. The third kappa shape index (κ3) is 12.9. The minimum atomic E-state index is 0.634. The highest BCUT2D eigenvalue weighted by Crippen LogP contribution is 2.10. The van der Waals surface area contributed by atoms with Crippen molar-refractivity contribution in [2.45, 2.75) is 47.6 Å². The van der Waals surface area contributed by atoms with Crippen molar-refractivity contribution in [2.75, 3.05) is 13.7 Å². The first kappa shape index (κ1) is 18.3. The van der Waals surface area contributed by atoms with E-state index in [1.165, 1.54) is 5.56 Å². The molecule has 1 aromatic rings. The summed E-state index contributed by atoms with van der Waals surface area (Å²) in [5, 5.41) is 3.03. The molecule has 0 saturated carbocycles. The highest BCUT2D eigenvalue weighted by atomic mass is 16.5. The average Bonchev–Trinajstić information content (AvgIpc) is 2.36. The summed E-state index contributed by atoms with van der Waals surface area (Å²) in [5.74, 6) is 0.952. The molecule has 0 radical (unpaired) electrons. The molecule has 2 heteroatoms. The third-order valence-corrected chi connectivity index (χ3v) is 1.91. The fraction of sp³-hybridized carbons (Fsp3) is 0.600. The fourth-order valence-electron chi connectivity index (χ4n) is 0.801. The standard InChI is InChI=1S/C9H12O.C4H11N.C2H6/c1-3-10-9-6-4-8(2)5-7-9;1-4(2)5-3;1-2/h4-7H,3H2,1-2H3;4-5H,1-3H3;1-2H3. The molecule has 0 bridgehead atoms. The zero-order valence-electron chi connectivity index (χ0n) is 12.5. The first-order valence-electron chi connectivity index (χ1n) is 6.46. The van der Waals surface area contributed by atoms with Crippen LogP contribution >= 0.6 is 0 Å². The molecule has 0 aromatic heterocycles. The highest BCUT2D eigenvalue weighted by molar-refractivity contribution is 5.26. The van der Waals surface area contributed by atoms with Gasteiger partial charge in [0.05, 0.1) is 6.61 Å². The number of aryl methyl sites for hydroxylation is 1. The molecule has 1 rings (SSSR count). The molecule has 1 N–H and O–H groups in total. The second-order valence-electron chi connectivity index (χ2n) is 3.69. The van der Waals surface area contributed by atoms with Crippen LogP contribution in [0.1, 0.15) is 40.2 Å². The molecular weight excluding hydrogens is 210 g/mol. The monoisotopic (exact) mass is 239 g/mol. The second-order valence-corrected chi connectivity index (χ2v) is 3.69. The SMILES string of the molecule is CC.CCOc1ccc(C)cc1.CNC(C)C. The summed E-state index contributed by atoms with van der Waals surface area (Å²) >= 11 is 0. The lowest BCUT2D eigenvalue weighted by Crippen LogP contribution is -2.15. The van der Waals surface area contributed by atoms with E-state index in [-0.39, 0.29) is 0 Å². The van der Waals surface area contributed by atoms with Gasteiger partial charge in [0, 0.05) is 6.04 Å². The van der Waals surface area contributed by atoms with Gasteiger partial charge >= 0.3 is 0 Å². The van der Waals surface area contributed by atoms with Crippen molar-refractivity contribution in [3.8, 4) is 5.75 Å². The summed E-state index contributed by atoms with van der Waals surface area (Å²) < 4.78 is 5.26. The van der Waals surface area contributed by atoms with Crippen molar-refractivity contribution in [3.05, 3.63) is 29.8 Å². The van der Waals surface area contributed by atoms with Gasteiger partial charge < -0.3 is 10.1 Å². The Balaban J connectivity index is 0. The molecule has 0 atom stereocenters. The summed E-state index contributed by atoms with van der Waals surface area (Å²) in [4.78, 5) is 0. The van der Waals surface area contributed by atoms with Gasteiger partial charge in [-0.25, -0.2) is 0 Å². The Morgan fingerprint density at radius 1 is 1.12 bits per heavy atom. The molecule has 0 amide bonds. The number of benzene rings is 1. The number of ether oxygens (including phenoxy) is 1. The van der Waals surface area contributed by atoms with E-state index in [9.17, 15) is 0 Å². The predicted octanol–water partition coefficient (Wildman–Crippen LogP) is 4.03. The predicted molar refractivity (Wildman–Crippen MR) is 77.9 cm³/mol. The Morgan fingerprint density at radius 3 is 1.82 bits per heavy atom. The Labute approximate surface area is 107 Å². The Bertz CT molecular complexity index is 242. The molecule has 0 saturated heterocycles. The van der Waals surface area contributed by atoms with Crippen molar-refractivity contribution in [1.29, 1.82) is 0 Å². The van der Waals surface area contributed by atoms with Crippen LogP contribution in [0.25, 0.3) is 0 Å². The van der Waals surface area contributed by atoms with E-state index < -0.39 is 0 Å². The fourth-order valence-corrected chi connectivity index (χ4v) is 0.801. The van der Waals surface area contributed by atoms with Crippen LogP contribution < -0.4 is 10.1 Å². The minimum absolute atomic E-state index is 0.634. The highest BCUT2D eigenvalue weighted by Gasteiger charge is 1.87. The molecule has 17 heavy (non-hydrogen) atoms. The topological polar surface area (TPSA) is 21.3 Å². The zero-order chi connectivity index (χ0) is 13.7. The average molecular weight is 239 g/mol. The van der Waals surface area contributed by atoms with E-state index in [1.807, 2.05) is 52.1 Å². The smallest absolute Gasteiger partial charge is 0.119 e. The van der Waals surface area contributed by atoms with Crippen LogP contribution in [-0.4, -0.2) is 19.7 Å². The van der Waals surface area contributed by atoms with Crippen LogP contribution in [0.3, 0.4) is 0 Å². The van der Waals surface area contributed by atoms with E-state index in [1.54, 1.807) is 0 Å². The molecule has 0 aliphatic carbocycles. The van der Waals surface area contributed by atoms with Crippen LogP contribution in [0.2, 0.25) is 0 Å². The number of nitrogens with one attached hydrogen (secondary N) is 1. The van der Waals surface area contributed by atoms with E-state index in [0.717, 1.165) is 12.4 Å². The van der Waals surface area contributed by atoms with Crippen LogP contribution in [-0.2, 0) is 0 Å². The van der Waals surface area contributed by atoms with Gasteiger partial charge in [0.25, 0.3) is 0 Å². The van der Waals surface area contributed by atoms with E-state index in [4.69, 9.17) is 4.74 Å². The van der Waals surface area contributed by atoms with Gasteiger partial charge in [0.2, 0.25) is 0 Å². The largest absolute Gasteiger partial charge is 0.494 e. The Morgan fingerprint density at radius 2 is 1.53 bits per heavy atom. The van der Waals surface area contributed by atoms with Crippen LogP contribution in [0.15, 0.2) is 24.3 Å². The van der Waals surface area contributed by atoms with Gasteiger partial charge in [-0.15, -0.1) is 0 Å². The maximum atomic E-state index is 5.26. The molecule has 0 fully saturated rings. The molecule has 1 aromatic carbocycles. The van der Waals surface area contributed by atoms with Crippen LogP contribution in [0.5, 0.6) is 5.75 Å². The number of hydrogen-bond donors (Lipinski definition) is 1. The first-order chi connectivity index (χ1) is 8.10. The van der Waals surface area contributed by atoms with Crippen LogP contribution in [0.4, 0.5) is 0 Å². The van der Waals surface area contributed by atoms with Gasteiger partial charge in [-0.1, -0.05) is 45.4 Å². The van der Waals surface area contributed by atoms with Crippen molar-refractivity contribution in [3.63, 3.8) is 0 Å². The summed E-state index contributed by atoms with van der Waals surface area (Å²) in [6.07, 6.45) is 0. The lowest BCUT2D eigenvalue weighted by Gasteiger charge is -2.01. The summed E-state index contributed by atoms with van der Waals surface area (Å²) in [6, 6.07) is 8.70.